The number of fused-ring (bicyclic) bond motifs is 1. The van der Waals surface area contributed by atoms with E-state index in [4.69, 9.17) is 11.7 Å². The van der Waals surface area contributed by atoms with Crippen LogP contribution < -0.4 is 9.80 Å². The molecule has 0 saturated carbocycles. The van der Waals surface area contributed by atoms with Gasteiger partial charge in [0.1, 0.15) is 0 Å². The molecule has 1 aliphatic rings. The fraction of sp³-hybridized carbons (Fsp3) is 0.464. The number of alkyl halides is 3. The van der Waals surface area contributed by atoms with Gasteiger partial charge in [0, 0.05) is 43.9 Å². The van der Waals surface area contributed by atoms with Crippen molar-refractivity contribution in [2.24, 2.45) is 7.05 Å². The second kappa shape index (κ2) is 13.7. The summed E-state index contributed by atoms with van der Waals surface area (Å²) in [7, 11) is 1.62. The van der Waals surface area contributed by atoms with E-state index in [-0.39, 0.29) is 37.0 Å². The molecule has 0 aliphatic heterocycles. The Bertz CT molecular complexity index is 1400. The molecule has 0 bridgehead atoms. The molecule has 2 aromatic carbocycles. The lowest BCUT2D eigenvalue weighted by atomic mass is 10.0. The van der Waals surface area contributed by atoms with E-state index in [1.54, 1.807) is 11.9 Å². The summed E-state index contributed by atoms with van der Waals surface area (Å²) in [4.78, 5) is 19.5. The maximum atomic E-state index is 13.6. The first-order chi connectivity index (χ1) is 19.1. The highest BCUT2D eigenvalue weighted by Crippen LogP contribution is 2.35. The van der Waals surface area contributed by atoms with Crippen LogP contribution in [0.2, 0.25) is 0 Å². The van der Waals surface area contributed by atoms with Crippen LogP contribution in [0, 0.1) is 6.57 Å². The third kappa shape index (κ3) is 8.10. The summed E-state index contributed by atoms with van der Waals surface area (Å²) in [5.74, 6) is -0.551. The molecule has 41 heavy (non-hydrogen) atoms. The van der Waals surface area contributed by atoms with Crippen molar-refractivity contribution in [3.63, 3.8) is 0 Å². The van der Waals surface area contributed by atoms with Gasteiger partial charge in [-0.25, -0.2) is 4.85 Å². The molecule has 0 amide bonds. The van der Waals surface area contributed by atoms with Crippen LogP contribution >= 0.6 is 12.4 Å². The van der Waals surface area contributed by atoms with Gasteiger partial charge in [0.15, 0.2) is 5.69 Å². The van der Waals surface area contributed by atoms with Gasteiger partial charge >= 0.3 is 12.1 Å². The zero-order valence-corrected chi connectivity index (χ0v) is 23.8. The van der Waals surface area contributed by atoms with Gasteiger partial charge in [0.2, 0.25) is 0 Å². The highest BCUT2D eigenvalue weighted by atomic mass is 35.5. The Morgan fingerprint density at radius 1 is 1.10 bits per heavy atom. The number of carboxylic acid groups (broad SMARTS) is 1. The Balaban J connectivity index is 0.00000462. The standard InChI is InChI=1S/C28H32F3N7O2.ClH/c1-4-37(11-6-5-10-26(39)40)25-15-21-9-7-8-20(21)14-22(25)18-38(27-33-35-36(3)34-27)17-19-12-23(28(29,30)31)16-24(13-19)32-2;/h12-16H,4-11,17-18H2,1,3H3,(H,39,40);1H. The van der Waals surface area contributed by atoms with Crippen LogP contribution in [0.5, 0.6) is 0 Å². The molecule has 1 N–H and O–H groups in total. The Morgan fingerprint density at radius 3 is 2.44 bits per heavy atom. The van der Waals surface area contributed by atoms with Crippen LogP contribution in [0.3, 0.4) is 0 Å². The summed E-state index contributed by atoms with van der Waals surface area (Å²) >= 11 is 0. The van der Waals surface area contributed by atoms with Gasteiger partial charge < -0.3 is 14.9 Å². The Hall–Kier alpha value is -3.85. The number of unbranched alkanes of at least 4 members (excludes halogenated alkanes) is 1. The van der Waals surface area contributed by atoms with E-state index in [0.29, 0.717) is 31.6 Å². The largest absolute Gasteiger partial charge is 0.481 e. The average molecular weight is 592 g/mol. The van der Waals surface area contributed by atoms with Crippen molar-refractivity contribution >= 4 is 35.7 Å². The molecule has 1 aliphatic carbocycles. The molecular formula is C28H33ClF3N7O2. The summed E-state index contributed by atoms with van der Waals surface area (Å²) in [6.45, 7) is 11.1. The van der Waals surface area contributed by atoms with E-state index < -0.39 is 17.7 Å². The van der Waals surface area contributed by atoms with Crippen molar-refractivity contribution in [1.82, 2.24) is 20.2 Å². The number of halogens is 4. The molecule has 1 heterocycles. The Morgan fingerprint density at radius 2 is 1.83 bits per heavy atom. The molecule has 13 heteroatoms. The zero-order chi connectivity index (χ0) is 28.9. The van der Waals surface area contributed by atoms with Gasteiger partial charge in [-0.15, -0.1) is 17.5 Å². The number of carboxylic acids is 1. The van der Waals surface area contributed by atoms with E-state index >= 15 is 0 Å². The van der Waals surface area contributed by atoms with Crippen LogP contribution in [0.1, 0.15) is 60.4 Å². The minimum Gasteiger partial charge on any atom is -0.481 e. The quantitative estimate of drug-likeness (QED) is 0.205. The van der Waals surface area contributed by atoms with Crippen molar-refractivity contribution in [3.8, 4) is 0 Å². The lowest BCUT2D eigenvalue weighted by Gasteiger charge is -2.29. The van der Waals surface area contributed by atoms with E-state index in [2.05, 4.69) is 37.3 Å². The van der Waals surface area contributed by atoms with Crippen LogP contribution in [0.15, 0.2) is 30.3 Å². The second-order valence-electron chi connectivity index (χ2n) is 9.97. The van der Waals surface area contributed by atoms with Gasteiger partial charge in [-0.2, -0.15) is 18.0 Å². The SMILES string of the molecule is Cl.[C-]#[N+]c1cc(CN(Cc2cc3c(cc2N(CC)CCCCC(=O)O)CCC3)c2nnn(C)n2)cc(C(F)(F)F)c1. The molecule has 0 atom stereocenters. The number of rotatable bonds is 12. The third-order valence-corrected chi connectivity index (χ3v) is 7.03. The topological polar surface area (TPSA) is 91.7 Å². The number of anilines is 2. The molecule has 1 aromatic heterocycles. The molecule has 0 unspecified atom stereocenters. The van der Waals surface area contributed by atoms with Gasteiger partial charge in [-0.1, -0.05) is 17.2 Å². The minimum atomic E-state index is -4.58. The molecule has 220 valence electrons. The summed E-state index contributed by atoms with van der Waals surface area (Å²) in [6, 6.07) is 7.72. The molecule has 0 saturated heterocycles. The molecule has 3 aromatic rings. The second-order valence-corrected chi connectivity index (χ2v) is 9.97. The minimum absolute atomic E-state index is 0. The normalized spacial score (nSPS) is 12.4. The van der Waals surface area contributed by atoms with E-state index in [1.807, 2.05) is 6.92 Å². The maximum Gasteiger partial charge on any atom is 0.415 e. The van der Waals surface area contributed by atoms with Crippen molar-refractivity contribution in [2.75, 3.05) is 22.9 Å². The van der Waals surface area contributed by atoms with Gasteiger partial charge in [0.25, 0.3) is 5.95 Å². The Labute approximate surface area is 243 Å². The predicted octanol–water partition coefficient (Wildman–Crippen LogP) is 5.98. The van der Waals surface area contributed by atoms with Crippen LogP contribution in [0.25, 0.3) is 4.85 Å². The summed E-state index contributed by atoms with van der Waals surface area (Å²) in [6.07, 6.45) is -0.180. The number of nitrogens with zero attached hydrogens (tertiary/aromatic N) is 7. The number of tetrazole rings is 1. The van der Waals surface area contributed by atoms with Crippen molar-refractivity contribution in [2.45, 2.75) is 64.7 Å². The van der Waals surface area contributed by atoms with Gasteiger partial charge in [-0.3, -0.25) is 4.79 Å². The Kier molecular flexibility index (Phi) is 10.6. The van der Waals surface area contributed by atoms with E-state index in [1.165, 1.54) is 22.0 Å². The first kappa shape index (κ1) is 31.7. The fourth-order valence-corrected chi connectivity index (χ4v) is 5.13. The van der Waals surface area contributed by atoms with Crippen molar-refractivity contribution in [3.05, 3.63) is 69.6 Å². The summed E-state index contributed by atoms with van der Waals surface area (Å²) in [5.41, 5.74) is 3.88. The monoisotopic (exact) mass is 591 g/mol. The zero-order valence-electron chi connectivity index (χ0n) is 23.0. The number of aromatic nitrogens is 4. The number of hydrogen-bond acceptors (Lipinski definition) is 6. The number of aryl methyl sites for hydroxylation is 3. The van der Waals surface area contributed by atoms with Crippen LogP contribution in [0.4, 0.5) is 30.5 Å². The lowest BCUT2D eigenvalue weighted by Crippen LogP contribution is -2.29. The number of aliphatic carboxylic acids is 1. The molecule has 0 fully saturated rings. The van der Waals surface area contributed by atoms with Crippen molar-refractivity contribution in [1.29, 1.82) is 0 Å². The molecule has 9 nitrogen and oxygen atoms in total. The van der Waals surface area contributed by atoms with E-state index in [9.17, 15) is 18.0 Å². The first-order valence-electron chi connectivity index (χ1n) is 13.3. The highest BCUT2D eigenvalue weighted by molar-refractivity contribution is 5.85. The molecule has 0 spiro atoms. The maximum absolute atomic E-state index is 13.6. The summed E-state index contributed by atoms with van der Waals surface area (Å²) < 4.78 is 40.7. The third-order valence-electron chi connectivity index (χ3n) is 7.03. The van der Waals surface area contributed by atoms with Crippen LogP contribution in [-0.4, -0.2) is 44.4 Å². The average Bonchev–Trinajstić information content (AvgIpc) is 3.55. The number of benzene rings is 2. The summed E-state index contributed by atoms with van der Waals surface area (Å²) in [5, 5.41) is 21.4. The predicted molar refractivity (Wildman–Crippen MR) is 151 cm³/mol. The van der Waals surface area contributed by atoms with E-state index in [0.717, 1.165) is 49.1 Å². The fourth-order valence-electron chi connectivity index (χ4n) is 5.13. The highest BCUT2D eigenvalue weighted by Gasteiger charge is 2.31. The van der Waals surface area contributed by atoms with Gasteiger partial charge in [-0.05, 0) is 84.7 Å². The first-order valence-corrected chi connectivity index (χ1v) is 13.3. The smallest absolute Gasteiger partial charge is 0.415 e. The number of carbonyl (C=O) groups is 1. The van der Waals surface area contributed by atoms with Crippen molar-refractivity contribution < 1.29 is 23.1 Å². The molecule has 4 rings (SSSR count). The molecular weight excluding hydrogens is 559 g/mol. The number of hydrogen-bond donors (Lipinski definition) is 1. The van der Waals surface area contributed by atoms with Crippen LogP contribution in [-0.2, 0) is 43.9 Å². The lowest BCUT2D eigenvalue weighted by molar-refractivity contribution is -0.138. The molecule has 0 radical (unpaired) electrons. The van der Waals surface area contributed by atoms with Gasteiger partial charge in [0.05, 0.1) is 13.6 Å².